The van der Waals surface area contributed by atoms with Crippen molar-refractivity contribution in [2.45, 2.75) is 0 Å². The van der Waals surface area contributed by atoms with Crippen molar-refractivity contribution in [2.24, 2.45) is 0 Å². The molecule has 0 aliphatic heterocycles. The fourth-order valence-corrected chi connectivity index (χ4v) is 1.58. The van der Waals surface area contributed by atoms with E-state index < -0.39 is 0 Å². The zero-order chi connectivity index (χ0) is 13.5. The van der Waals surface area contributed by atoms with Crippen molar-refractivity contribution in [2.75, 3.05) is 0 Å². The molecule has 3 nitrogen and oxygen atoms in total. The number of hydrogen-bond acceptors (Lipinski definition) is 3. The van der Waals surface area contributed by atoms with Crippen molar-refractivity contribution in [3.8, 4) is 5.75 Å². The van der Waals surface area contributed by atoms with Crippen LogP contribution in [0.5, 0.6) is 5.75 Å². The highest BCUT2D eigenvalue weighted by Crippen LogP contribution is 2.13. The summed E-state index contributed by atoms with van der Waals surface area (Å²) in [4.78, 5) is 22.0. The quantitative estimate of drug-likeness (QED) is 0.466. The molecule has 0 aromatic heterocycles. The predicted molar refractivity (Wildman–Crippen MR) is 72.9 cm³/mol. The van der Waals surface area contributed by atoms with E-state index in [2.05, 4.69) is 4.74 Å². The van der Waals surface area contributed by atoms with E-state index in [0.29, 0.717) is 17.8 Å². The first-order chi connectivity index (χ1) is 9.29. The number of allylic oxidation sites excluding steroid dienone is 1. The Morgan fingerprint density at radius 2 is 1.63 bits per heavy atom. The maximum Gasteiger partial charge on any atom is 0.298 e. The minimum Gasteiger partial charge on any atom is -0.429 e. The molecule has 0 amide bonds. The van der Waals surface area contributed by atoms with Crippen LogP contribution in [-0.2, 0) is 4.79 Å². The summed E-state index contributed by atoms with van der Waals surface area (Å²) in [5.74, 6) is 0.426. The smallest absolute Gasteiger partial charge is 0.298 e. The highest BCUT2D eigenvalue weighted by atomic mass is 16.5. The summed E-state index contributed by atoms with van der Waals surface area (Å²) in [5, 5.41) is 0. The molecule has 0 spiro atoms. The molecule has 0 aliphatic rings. The second kappa shape index (κ2) is 6.31. The van der Waals surface area contributed by atoms with Crippen LogP contribution < -0.4 is 4.74 Å². The van der Waals surface area contributed by atoms with Gasteiger partial charge in [0.05, 0.1) is 0 Å². The molecular weight excluding hydrogens is 240 g/mol. The Kier molecular flexibility index (Phi) is 4.24. The van der Waals surface area contributed by atoms with E-state index in [1.807, 2.05) is 18.2 Å². The molecule has 0 bridgehead atoms. The van der Waals surface area contributed by atoms with Crippen LogP contribution >= 0.6 is 0 Å². The van der Waals surface area contributed by atoms with Crippen molar-refractivity contribution < 1.29 is 14.3 Å². The standard InChI is InChI=1S/C16H12O3/c17-12-19-15-9-6-13(7-10-15)8-11-16(18)14-4-2-1-3-5-14/h1-12H/b11-8+. The van der Waals surface area contributed by atoms with Gasteiger partial charge >= 0.3 is 0 Å². The second-order valence-corrected chi connectivity index (χ2v) is 3.85. The number of hydrogen-bond donors (Lipinski definition) is 0. The maximum atomic E-state index is 11.8. The van der Waals surface area contributed by atoms with E-state index in [9.17, 15) is 9.59 Å². The molecule has 19 heavy (non-hydrogen) atoms. The van der Waals surface area contributed by atoms with Gasteiger partial charge in [-0.25, -0.2) is 0 Å². The molecule has 2 rings (SSSR count). The lowest BCUT2D eigenvalue weighted by Gasteiger charge is -1.98. The zero-order valence-corrected chi connectivity index (χ0v) is 10.2. The van der Waals surface area contributed by atoms with Crippen LogP contribution in [0.2, 0.25) is 0 Å². The summed E-state index contributed by atoms with van der Waals surface area (Å²) in [7, 11) is 0. The van der Waals surface area contributed by atoms with Gasteiger partial charge in [-0.3, -0.25) is 9.59 Å². The van der Waals surface area contributed by atoms with Crippen molar-refractivity contribution in [3.63, 3.8) is 0 Å². The summed E-state index contributed by atoms with van der Waals surface area (Å²) >= 11 is 0. The molecule has 0 atom stereocenters. The first-order valence-corrected chi connectivity index (χ1v) is 5.77. The number of carbonyl (C=O) groups excluding carboxylic acids is 2. The molecule has 0 saturated heterocycles. The van der Waals surface area contributed by atoms with Crippen LogP contribution in [0.15, 0.2) is 60.7 Å². The first kappa shape index (κ1) is 12.8. The van der Waals surface area contributed by atoms with Crippen molar-refractivity contribution in [3.05, 3.63) is 71.8 Å². The van der Waals surface area contributed by atoms with E-state index in [-0.39, 0.29) is 5.78 Å². The summed E-state index contributed by atoms with van der Waals surface area (Å²) in [6.07, 6.45) is 3.24. The van der Waals surface area contributed by atoms with Crippen molar-refractivity contribution in [1.29, 1.82) is 0 Å². The minimum atomic E-state index is -0.0474. The lowest BCUT2D eigenvalue weighted by atomic mass is 10.1. The van der Waals surface area contributed by atoms with Crippen LogP contribution in [0.3, 0.4) is 0 Å². The topological polar surface area (TPSA) is 43.4 Å². The summed E-state index contributed by atoms with van der Waals surface area (Å²) < 4.78 is 4.68. The molecule has 0 heterocycles. The summed E-state index contributed by atoms with van der Waals surface area (Å²) in [6.45, 7) is 0.379. The normalized spacial score (nSPS) is 10.3. The van der Waals surface area contributed by atoms with Crippen LogP contribution in [0.4, 0.5) is 0 Å². The Labute approximate surface area is 111 Å². The van der Waals surface area contributed by atoms with Crippen LogP contribution in [-0.4, -0.2) is 12.3 Å². The average Bonchev–Trinajstić information content (AvgIpc) is 2.47. The molecular formula is C16H12O3. The molecule has 2 aromatic rings. The van der Waals surface area contributed by atoms with E-state index in [1.165, 1.54) is 6.08 Å². The molecule has 0 saturated carbocycles. The second-order valence-electron chi connectivity index (χ2n) is 3.85. The first-order valence-electron chi connectivity index (χ1n) is 5.77. The molecule has 0 N–H and O–H groups in total. The molecule has 2 aromatic carbocycles. The predicted octanol–water partition coefficient (Wildman–Crippen LogP) is 3.12. The zero-order valence-electron chi connectivity index (χ0n) is 10.2. The van der Waals surface area contributed by atoms with E-state index >= 15 is 0 Å². The molecule has 0 aliphatic carbocycles. The Morgan fingerprint density at radius 1 is 0.947 bits per heavy atom. The van der Waals surface area contributed by atoms with Gasteiger partial charge < -0.3 is 4.74 Å². The number of rotatable bonds is 5. The highest BCUT2D eigenvalue weighted by molar-refractivity contribution is 6.06. The fourth-order valence-electron chi connectivity index (χ4n) is 1.58. The van der Waals surface area contributed by atoms with Crippen molar-refractivity contribution >= 4 is 18.3 Å². The highest BCUT2D eigenvalue weighted by Gasteiger charge is 1.99. The van der Waals surface area contributed by atoms with Gasteiger partial charge in [-0.05, 0) is 23.8 Å². The monoisotopic (exact) mass is 252 g/mol. The maximum absolute atomic E-state index is 11.8. The molecule has 0 radical (unpaired) electrons. The van der Waals surface area contributed by atoms with E-state index in [1.54, 1.807) is 42.5 Å². The lowest BCUT2D eigenvalue weighted by molar-refractivity contribution is -0.120. The Balaban J connectivity index is 2.06. The van der Waals surface area contributed by atoms with Gasteiger partial charge in [0.1, 0.15) is 5.75 Å². The number of benzene rings is 2. The fraction of sp³-hybridized carbons (Fsp3) is 0. The summed E-state index contributed by atoms with van der Waals surface area (Å²) in [6, 6.07) is 15.9. The van der Waals surface area contributed by atoms with E-state index in [0.717, 1.165) is 5.56 Å². The summed E-state index contributed by atoms with van der Waals surface area (Å²) in [5.41, 5.74) is 1.52. The Morgan fingerprint density at radius 3 is 2.26 bits per heavy atom. The van der Waals surface area contributed by atoms with Crippen molar-refractivity contribution in [1.82, 2.24) is 0 Å². The van der Waals surface area contributed by atoms with Gasteiger partial charge in [0, 0.05) is 5.56 Å². The minimum absolute atomic E-state index is 0.0474. The largest absolute Gasteiger partial charge is 0.429 e. The Hall–Kier alpha value is -2.68. The molecule has 3 heteroatoms. The molecule has 0 fully saturated rings. The van der Waals surface area contributed by atoms with Gasteiger partial charge in [0.15, 0.2) is 5.78 Å². The van der Waals surface area contributed by atoms with Gasteiger partial charge in [-0.15, -0.1) is 0 Å². The third kappa shape index (κ3) is 3.64. The SMILES string of the molecule is O=COc1ccc(/C=C/C(=O)c2ccccc2)cc1. The number of ketones is 1. The van der Waals surface area contributed by atoms with Crippen LogP contribution in [0, 0.1) is 0 Å². The average molecular weight is 252 g/mol. The van der Waals surface area contributed by atoms with Gasteiger partial charge in [0.2, 0.25) is 0 Å². The van der Waals surface area contributed by atoms with Gasteiger partial charge in [-0.1, -0.05) is 48.5 Å². The van der Waals surface area contributed by atoms with E-state index in [4.69, 9.17) is 0 Å². The van der Waals surface area contributed by atoms with Crippen LogP contribution in [0.1, 0.15) is 15.9 Å². The number of ether oxygens (including phenoxy) is 1. The van der Waals surface area contributed by atoms with Gasteiger partial charge in [-0.2, -0.15) is 0 Å². The number of carbonyl (C=O) groups is 2. The van der Waals surface area contributed by atoms with Gasteiger partial charge in [0.25, 0.3) is 6.47 Å². The molecule has 94 valence electrons. The third-order valence-electron chi connectivity index (χ3n) is 2.55. The van der Waals surface area contributed by atoms with Crippen LogP contribution in [0.25, 0.3) is 6.08 Å². The lowest BCUT2D eigenvalue weighted by Crippen LogP contribution is -1.92. The Bertz CT molecular complexity index is 583. The third-order valence-corrected chi connectivity index (χ3v) is 2.55. The molecule has 0 unspecified atom stereocenters.